The predicted molar refractivity (Wildman–Crippen MR) is 117 cm³/mol. The van der Waals surface area contributed by atoms with Crippen molar-refractivity contribution in [3.05, 3.63) is 59.6 Å². The number of para-hydroxylation sites is 2. The van der Waals surface area contributed by atoms with Crippen molar-refractivity contribution in [1.29, 1.82) is 0 Å². The normalized spacial score (nSPS) is 10.9. The topological polar surface area (TPSA) is 78.3 Å². The first-order valence-electron chi connectivity index (χ1n) is 9.65. The number of rotatable bonds is 8. The number of carbonyl (C=O) groups is 1. The van der Waals surface area contributed by atoms with E-state index in [1.807, 2.05) is 54.8 Å². The first-order valence-corrected chi connectivity index (χ1v) is 10.5. The Bertz CT molecular complexity index is 1150. The molecule has 30 heavy (non-hydrogen) atoms. The minimum Gasteiger partial charge on any atom is -0.493 e. The van der Waals surface area contributed by atoms with Gasteiger partial charge in [0.1, 0.15) is 6.61 Å². The minimum absolute atomic E-state index is 0.181. The molecule has 3 aromatic heterocycles. The maximum absolute atomic E-state index is 13.0. The molecule has 0 aliphatic heterocycles. The molecule has 7 nitrogen and oxygen atoms in total. The first-order chi connectivity index (χ1) is 14.7. The second-order valence-corrected chi connectivity index (χ2v) is 7.43. The number of methoxy groups -OCH3 is 1. The van der Waals surface area contributed by atoms with Crippen LogP contribution in [0.25, 0.3) is 21.6 Å². The lowest BCUT2D eigenvalue weighted by molar-refractivity contribution is 0.0948. The molecule has 4 aromatic rings. The highest BCUT2D eigenvalue weighted by Gasteiger charge is 2.17. The van der Waals surface area contributed by atoms with Crippen molar-refractivity contribution in [3.8, 4) is 22.1 Å². The van der Waals surface area contributed by atoms with E-state index in [2.05, 4.69) is 10.4 Å². The van der Waals surface area contributed by atoms with Crippen molar-refractivity contribution < 1.29 is 14.3 Å². The maximum Gasteiger partial charge on any atom is 0.252 e. The molecular weight excluding hydrogens is 400 g/mol. The minimum atomic E-state index is -0.181. The Labute approximate surface area is 178 Å². The van der Waals surface area contributed by atoms with E-state index in [4.69, 9.17) is 14.5 Å². The van der Waals surface area contributed by atoms with E-state index in [9.17, 15) is 4.79 Å². The van der Waals surface area contributed by atoms with Crippen molar-refractivity contribution >= 4 is 28.3 Å². The van der Waals surface area contributed by atoms with Gasteiger partial charge in [0.05, 0.1) is 41.4 Å². The lowest BCUT2D eigenvalue weighted by Gasteiger charge is -2.11. The van der Waals surface area contributed by atoms with Gasteiger partial charge in [-0.15, -0.1) is 11.3 Å². The summed E-state index contributed by atoms with van der Waals surface area (Å²) >= 11 is 1.59. The van der Waals surface area contributed by atoms with Crippen LogP contribution in [0.15, 0.2) is 54.0 Å². The number of nitrogens with one attached hydrogen (secondary N) is 1. The highest BCUT2D eigenvalue weighted by atomic mass is 32.1. The van der Waals surface area contributed by atoms with E-state index in [-0.39, 0.29) is 5.91 Å². The molecule has 0 radical (unpaired) electrons. The summed E-state index contributed by atoms with van der Waals surface area (Å²) in [6.45, 7) is 3.36. The van der Waals surface area contributed by atoms with Gasteiger partial charge in [-0.25, -0.2) is 9.67 Å². The van der Waals surface area contributed by atoms with E-state index in [0.29, 0.717) is 42.4 Å². The second-order valence-electron chi connectivity index (χ2n) is 6.49. The SMILES string of the molecule is CCn1ncc2c(C(=O)NCCOc3ccccc3OC)cc(-c3cccs3)nc21. The first kappa shape index (κ1) is 19.9. The lowest BCUT2D eigenvalue weighted by atomic mass is 10.1. The van der Waals surface area contributed by atoms with Crippen molar-refractivity contribution in [2.45, 2.75) is 13.5 Å². The second kappa shape index (κ2) is 8.96. The van der Waals surface area contributed by atoms with Gasteiger partial charge < -0.3 is 14.8 Å². The van der Waals surface area contributed by atoms with Crippen LogP contribution in [0, 0.1) is 0 Å². The number of thiophene rings is 1. The molecule has 1 aromatic carbocycles. The molecule has 0 fully saturated rings. The van der Waals surface area contributed by atoms with Crippen LogP contribution in [0.1, 0.15) is 17.3 Å². The Morgan fingerprint density at radius 3 is 2.77 bits per heavy atom. The molecule has 0 atom stereocenters. The number of ether oxygens (including phenoxy) is 2. The van der Waals surface area contributed by atoms with Crippen LogP contribution < -0.4 is 14.8 Å². The van der Waals surface area contributed by atoms with Crippen molar-refractivity contribution in [2.24, 2.45) is 0 Å². The molecule has 4 rings (SSSR count). The molecule has 3 heterocycles. The van der Waals surface area contributed by atoms with E-state index in [1.165, 1.54) is 0 Å². The number of hydrogen-bond acceptors (Lipinski definition) is 6. The molecule has 0 unspecified atom stereocenters. The zero-order valence-electron chi connectivity index (χ0n) is 16.8. The molecule has 0 spiro atoms. The van der Waals surface area contributed by atoms with E-state index in [0.717, 1.165) is 16.0 Å². The molecule has 0 saturated carbocycles. The molecule has 0 saturated heterocycles. The Hall–Kier alpha value is -3.39. The van der Waals surface area contributed by atoms with Crippen molar-refractivity contribution in [3.63, 3.8) is 0 Å². The molecule has 0 bridgehead atoms. The summed E-state index contributed by atoms with van der Waals surface area (Å²) in [7, 11) is 1.60. The largest absolute Gasteiger partial charge is 0.493 e. The number of fused-ring (bicyclic) bond motifs is 1. The molecule has 1 N–H and O–H groups in total. The smallest absolute Gasteiger partial charge is 0.252 e. The number of aromatic nitrogens is 3. The van der Waals surface area contributed by atoms with Crippen molar-refractivity contribution in [1.82, 2.24) is 20.1 Å². The van der Waals surface area contributed by atoms with Gasteiger partial charge in [-0.2, -0.15) is 5.10 Å². The van der Waals surface area contributed by atoms with Gasteiger partial charge >= 0.3 is 0 Å². The van der Waals surface area contributed by atoms with Crippen LogP contribution in [0.5, 0.6) is 11.5 Å². The number of aryl methyl sites for hydroxylation is 1. The number of carbonyl (C=O) groups excluding carboxylic acids is 1. The van der Waals surface area contributed by atoms with Crippen LogP contribution in [0.3, 0.4) is 0 Å². The zero-order chi connectivity index (χ0) is 20.9. The van der Waals surface area contributed by atoms with Gasteiger partial charge in [0.2, 0.25) is 0 Å². The average molecular weight is 423 g/mol. The van der Waals surface area contributed by atoms with E-state index in [1.54, 1.807) is 29.3 Å². The molecule has 1 amide bonds. The highest BCUT2D eigenvalue weighted by Crippen LogP contribution is 2.28. The number of benzene rings is 1. The molecule has 8 heteroatoms. The van der Waals surface area contributed by atoms with E-state index >= 15 is 0 Å². The quantitative estimate of drug-likeness (QED) is 0.434. The lowest BCUT2D eigenvalue weighted by Crippen LogP contribution is -2.28. The standard InChI is InChI=1S/C22H22N4O3S/c1-3-26-21-16(14-24-26)15(13-17(25-21)20-9-6-12-30-20)22(27)23-10-11-29-19-8-5-4-7-18(19)28-2/h4-9,12-14H,3,10-11H2,1-2H3,(H,23,27). The number of nitrogens with zero attached hydrogens (tertiary/aromatic N) is 3. The fourth-order valence-corrected chi connectivity index (χ4v) is 3.86. The summed E-state index contributed by atoms with van der Waals surface area (Å²) in [5, 5.41) is 10.0. The van der Waals surface area contributed by atoms with Gasteiger partial charge in [-0.1, -0.05) is 18.2 Å². The van der Waals surface area contributed by atoms with Crippen LogP contribution in [0.4, 0.5) is 0 Å². The Kier molecular flexibility index (Phi) is 5.94. The zero-order valence-corrected chi connectivity index (χ0v) is 17.6. The monoisotopic (exact) mass is 422 g/mol. The molecule has 0 aliphatic rings. The van der Waals surface area contributed by atoms with Crippen LogP contribution in [0.2, 0.25) is 0 Å². The summed E-state index contributed by atoms with van der Waals surface area (Å²) in [6.07, 6.45) is 1.70. The van der Waals surface area contributed by atoms with Gasteiger partial charge in [0.15, 0.2) is 17.1 Å². The average Bonchev–Trinajstić information content (AvgIpc) is 3.46. The van der Waals surface area contributed by atoms with Crippen LogP contribution >= 0.6 is 11.3 Å². The van der Waals surface area contributed by atoms with Crippen molar-refractivity contribution in [2.75, 3.05) is 20.3 Å². The molecular formula is C22H22N4O3S. The molecule has 0 aliphatic carbocycles. The summed E-state index contributed by atoms with van der Waals surface area (Å²) < 4.78 is 12.8. The third kappa shape index (κ3) is 3.99. The molecule has 154 valence electrons. The Morgan fingerprint density at radius 1 is 1.20 bits per heavy atom. The summed E-state index contributed by atoms with van der Waals surface area (Å²) in [5.74, 6) is 1.12. The van der Waals surface area contributed by atoms with Gasteiger partial charge in [0.25, 0.3) is 5.91 Å². The van der Waals surface area contributed by atoms with Crippen LogP contribution in [-0.4, -0.2) is 40.9 Å². The van der Waals surface area contributed by atoms with Gasteiger partial charge in [0, 0.05) is 6.54 Å². The van der Waals surface area contributed by atoms with Gasteiger partial charge in [-0.3, -0.25) is 4.79 Å². The predicted octanol–water partition coefficient (Wildman–Crippen LogP) is 4.00. The number of hydrogen-bond donors (Lipinski definition) is 1. The maximum atomic E-state index is 13.0. The fraction of sp³-hybridized carbons (Fsp3) is 0.227. The highest BCUT2D eigenvalue weighted by molar-refractivity contribution is 7.13. The summed E-state index contributed by atoms with van der Waals surface area (Å²) in [6, 6.07) is 13.2. The Morgan fingerprint density at radius 2 is 2.03 bits per heavy atom. The number of amides is 1. The Balaban J connectivity index is 1.52. The summed E-state index contributed by atoms with van der Waals surface area (Å²) in [5.41, 5.74) is 2.03. The summed E-state index contributed by atoms with van der Waals surface area (Å²) in [4.78, 5) is 18.7. The number of pyridine rings is 1. The van der Waals surface area contributed by atoms with Crippen LogP contribution in [-0.2, 0) is 6.54 Å². The fourth-order valence-electron chi connectivity index (χ4n) is 3.18. The third-order valence-corrected chi connectivity index (χ3v) is 5.53. The van der Waals surface area contributed by atoms with E-state index < -0.39 is 0 Å². The van der Waals surface area contributed by atoms with Gasteiger partial charge in [-0.05, 0) is 36.6 Å². The third-order valence-electron chi connectivity index (χ3n) is 4.64.